The topological polar surface area (TPSA) is 67.8 Å². The van der Waals surface area contributed by atoms with Gasteiger partial charge in [0.2, 0.25) is 0 Å². The van der Waals surface area contributed by atoms with Gasteiger partial charge in [0, 0.05) is 17.4 Å². The minimum absolute atomic E-state index is 0.0988. The van der Waals surface area contributed by atoms with Crippen LogP contribution in [0.2, 0.25) is 0 Å². The molecule has 1 heterocycles. The Morgan fingerprint density at radius 1 is 1.42 bits per heavy atom. The lowest BCUT2D eigenvalue weighted by Crippen LogP contribution is -2.33. The lowest BCUT2D eigenvalue weighted by Gasteiger charge is -2.17. The van der Waals surface area contributed by atoms with Crippen LogP contribution >= 0.6 is 27.7 Å². The molecule has 1 fully saturated rings. The average molecular weight is 348 g/mol. The van der Waals surface area contributed by atoms with E-state index in [4.69, 9.17) is 14.6 Å². The van der Waals surface area contributed by atoms with Crippen LogP contribution in [0.5, 0.6) is 11.5 Å². The van der Waals surface area contributed by atoms with Gasteiger partial charge in [-0.2, -0.15) is 0 Å². The molecule has 19 heavy (non-hydrogen) atoms. The molecular formula is C12H14BrNO4S. The zero-order valence-electron chi connectivity index (χ0n) is 10.5. The number of benzene rings is 1. The van der Waals surface area contributed by atoms with E-state index in [1.54, 1.807) is 32.0 Å². The van der Waals surface area contributed by atoms with Crippen molar-refractivity contribution >= 4 is 33.7 Å². The van der Waals surface area contributed by atoms with Crippen molar-refractivity contribution in [1.29, 1.82) is 0 Å². The van der Waals surface area contributed by atoms with Gasteiger partial charge in [0.15, 0.2) is 0 Å². The minimum atomic E-state index is -0.832. The van der Waals surface area contributed by atoms with Crippen molar-refractivity contribution in [2.45, 2.75) is 11.4 Å². The summed E-state index contributed by atoms with van der Waals surface area (Å²) in [5.74, 6) is 1.06. The van der Waals surface area contributed by atoms with Crippen LogP contribution in [0.4, 0.5) is 0 Å². The number of hydrogen-bond acceptors (Lipinski definition) is 5. The molecule has 2 N–H and O–H groups in total. The van der Waals surface area contributed by atoms with Gasteiger partial charge in [0.1, 0.15) is 17.5 Å². The normalized spacial score (nSPS) is 22.3. The van der Waals surface area contributed by atoms with E-state index in [2.05, 4.69) is 21.2 Å². The minimum Gasteiger partial charge on any atom is -0.496 e. The van der Waals surface area contributed by atoms with Crippen molar-refractivity contribution in [1.82, 2.24) is 5.32 Å². The molecule has 2 atom stereocenters. The molecule has 1 saturated heterocycles. The summed E-state index contributed by atoms with van der Waals surface area (Å²) in [5, 5.41) is 12.0. The second kappa shape index (κ2) is 6.02. The highest BCUT2D eigenvalue weighted by molar-refractivity contribution is 9.10. The van der Waals surface area contributed by atoms with E-state index < -0.39 is 12.0 Å². The van der Waals surface area contributed by atoms with Crippen molar-refractivity contribution < 1.29 is 19.4 Å². The molecule has 0 bridgehead atoms. The smallest absolute Gasteiger partial charge is 0.321 e. The first-order valence-electron chi connectivity index (χ1n) is 5.58. The summed E-state index contributed by atoms with van der Waals surface area (Å²) in [6, 6.07) is 3.16. The molecule has 7 heteroatoms. The van der Waals surface area contributed by atoms with Crippen LogP contribution in [0.15, 0.2) is 16.6 Å². The molecule has 0 amide bonds. The number of carboxylic acid groups (broad SMARTS) is 1. The summed E-state index contributed by atoms with van der Waals surface area (Å²) in [6.45, 7) is 0. The van der Waals surface area contributed by atoms with Crippen molar-refractivity contribution in [2.75, 3.05) is 20.0 Å². The first-order valence-corrected chi connectivity index (χ1v) is 7.43. The van der Waals surface area contributed by atoms with E-state index >= 15 is 0 Å². The summed E-state index contributed by atoms with van der Waals surface area (Å²) in [5.41, 5.74) is 0.906. The van der Waals surface area contributed by atoms with Gasteiger partial charge < -0.3 is 14.6 Å². The molecule has 5 nitrogen and oxygen atoms in total. The first kappa shape index (κ1) is 14.5. The van der Waals surface area contributed by atoms with E-state index in [1.165, 1.54) is 0 Å². The fourth-order valence-electron chi connectivity index (χ4n) is 1.88. The van der Waals surface area contributed by atoms with Crippen LogP contribution in [0.25, 0.3) is 0 Å². The fourth-order valence-corrected chi connectivity index (χ4v) is 3.65. The summed E-state index contributed by atoms with van der Waals surface area (Å²) in [7, 11) is 3.17. The lowest BCUT2D eigenvalue weighted by atomic mass is 10.1. The second-order valence-electron chi connectivity index (χ2n) is 4.00. The van der Waals surface area contributed by atoms with Crippen LogP contribution in [-0.2, 0) is 4.79 Å². The van der Waals surface area contributed by atoms with Crippen LogP contribution in [0, 0.1) is 0 Å². The predicted molar refractivity (Wildman–Crippen MR) is 77.0 cm³/mol. The maximum Gasteiger partial charge on any atom is 0.321 e. The Hall–Kier alpha value is -0.920. The highest BCUT2D eigenvalue weighted by Gasteiger charge is 2.32. The molecule has 0 radical (unpaired) electrons. The number of carboxylic acids is 1. The highest BCUT2D eigenvalue weighted by Crippen LogP contribution is 2.42. The summed E-state index contributed by atoms with van der Waals surface area (Å²) in [6.07, 6.45) is 0. The number of halogens is 1. The van der Waals surface area contributed by atoms with Crippen LogP contribution in [0.3, 0.4) is 0 Å². The number of rotatable bonds is 4. The molecule has 1 aromatic carbocycles. The number of hydrogen-bond donors (Lipinski definition) is 2. The third kappa shape index (κ3) is 2.98. The SMILES string of the molecule is COc1cc(OC)c([C@H]2N[C@@H](C(=O)O)CS2)cc1Br. The number of carbonyl (C=O) groups is 1. The number of nitrogens with one attached hydrogen (secondary N) is 1. The molecule has 104 valence electrons. The van der Waals surface area contributed by atoms with Crippen molar-refractivity contribution in [3.63, 3.8) is 0 Å². The Kier molecular flexibility index (Phi) is 4.59. The molecule has 0 aromatic heterocycles. The first-order chi connectivity index (χ1) is 9.06. The molecule has 2 rings (SSSR count). The zero-order chi connectivity index (χ0) is 14.0. The molecule has 0 spiro atoms. The molecule has 1 aromatic rings. The Morgan fingerprint density at radius 2 is 2.11 bits per heavy atom. The van der Waals surface area contributed by atoms with E-state index in [9.17, 15) is 4.79 Å². The van der Waals surface area contributed by atoms with Crippen LogP contribution < -0.4 is 14.8 Å². The Bertz CT molecular complexity index is 497. The molecule has 1 aliphatic rings. The fraction of sp³-hybridized carbons (Fsp3) is 0.417. The number of aliphatic carboxylic acids is 1. The standard InChI is InChI=1S/C12H14BrNO4S/c1-17-9-4-10(18-2)7(13)3-6(9)11-14-8(5-19-11)12(15)16/h3-4,8,11,14H,5H2,1-2H3,(H,15,16)/t8-,11+/m1/s1. The van der Waals surface area contributed by atoms with E-state index in [0.717, 1.165) is 10.0 Å². The molecule has 0 aliphatic carbocycles. The largest absolute Gasteiger partial charge is 0.496 e. The quantitative estimate of drug-likeness (QED) is 0.870. The maximum absolute atomic E-state index is 11.0. The zero-order valence-corrected chi connectivity index (χ0v) is 12.9. The van der Waals surface area contributed by atoms with Gasteiger partial charge in [-0.15, -0.1) is 11.8 Å². The Balaban J connectivity index is 2.30. The number of thioether (sulfide) groups is 1. The van der Waals surface area contributed by atoms with Gasteiger partial charge in [0.05, 0.1) is 24.1 Å². The lowest BCUT2D eigenvalue weighted by molar-refractivity contribution is -0.138. The van der Waals surface area contributed by atoms with Crippen molar-refractivity contribution in [2.24, 2.45) is 0 Å². The summed E-state index contributed by atoms with van der Waals surface area (Å²) >= 11 is 4.98. The maximum atomic E-state index is 11.0. The van der Waals surface area contributed by atoms with Crippen LogP contribution in [-0.4, -0.2) is 37.1 Å². The van der Waals surface area contributed by atoms with Gasteiger partial charge in [-0.3, -0.25) is 10.1 Å². The monoisotopic (exact) mass is 347 g/mol. The predicted octanol–water partition coefficient (Wildman–Crippen LogP) is 2.25. The van der Waals surface area contributed by atoms with Crippen LogP contribution in [0.1, 0.15) is 10.9 Å². The van der Waals surface area contributed by atoms with Gasteiger partial charge in [0.25, 0.3) is 0 Å². The van der Waals surface area contributed by atoms with Gasteiger partial charge >= 0.3 is 5.97 Å². The molecule has 0 unspecified atom stereocenters. The van der Waals surface area contributed by atoms with Gasteiger partial charge in [-0.1, -0.05) is 0 Å². The van der Waals surface area contributed by atoms with E-state index in [1.807, 2.05) is 6.07 Å². The summed E-state index contributed by atoms with van der Waals surface area (Å²) in [4.78, 5) is 11.0. The third-order valence-electron chi connectivity index (χ3n) is 2.87. The Morgan fingerprint density at radius 3 is 2.63 bits per heavy atom. The number of methoxy groups -OCH3 is 2. The molecule has 1 aliphatic heterocycles. The third-order valence-corrected chi connectivity index (χ3v) is 4.74. The number of ether oxygens (including phenoxy) is 2. The van der Waals surface area contributed by atoms with E-state index in [0.29, 0.717) is 17.3 Å². The Labute approximate surface area is 123 Å². The van der Waals surface area contributed by atoms with Gasteiger partial charge in [-0.25, -0.2) is 0 Å². The van der Waals surface area contributed by atoms with Crippen molar-refractivity contribution in [3.05, 3.63) is 22.2 Å². The summed E-state index contributed by atoms with van der Waals surface area (Å²) < 4.78 is 11.4. The second-order valence-corrected chi connectivity index (χ2v) is 5.99. The molecular weight excluding hydrogens is 334 g/mol. The van der Waals surface area contributed by atoms with E-state index in [-0.39, 0.29) is 5.37 Å². The van der Waals surface area contributed by atoms with Crippen molar-refractivity contribution in [3.8, 4) is 11.5 Å². The highest BCUT2D eigenvalue weighted by atomic mass is 79.9. The molecule has 0 saturated carbocycles. The average Bonchev–Trinajstić information content (AvgIpc) is 2.88. The van der Waals surface area contributed by atoms with Gasteiger partial charge in [-0.05, 0) is 22.0 Å².